The zero-order chi connectivity index (χ0) is 12.8. The van der Waals surface area contributed by atoms with Gasteiger partial charge >= 0.3 is 0 Å². The van der Waals surface area contributed by atoms with Crippen LogP contribution in [0.25, 0.3) is 0 Å². The first kappa shape index (κ1) is 15.7. The van der Waals surface area contributed by atoms with Crippen LogP contribution in [0.1, 0.15) is 25.7 Å². The maximum Gasteiger partial charge on any atom is 0.227 e. The quantitative estimate of drug-likeness (QED) is 0.892. The summed E-state index contributed by atoms with van der Waals surface area (Å²) < 4.78 is 5.54. The van der Waals surface area contributed by atoms with Gasteiger partial charge in [-0.3, -0.25) is 4.79 Å². The second kappa shape index (κ2) is 7.96. The first-order chi connectivity index (χ1) is 8.78. The molecule has 6 heteroatoms. The van der Waals surface area contributed by atoms with E-state index in [1.807, 2.05) is 12.1 Å². The summed E-state index contributed by atoms with van der Waals surface area (Å²) in [6, 6.07) is 3.66. The van der Waals surface area contributed by atoms with Gasteiger partial charge in [0.05, 0.1) is 24.4 Å². The van der Waals surface area contributed by atoms with Crippen LogP contribution in [-0.4, -0.2) is 30.6 Å². The summed E-state index contributed by atoms with van der Waals surface area (Å²) in [5.41, 5.74) is 0.717. The summed E-state index contributed by atoms with van der Waals surface area (Å²) in [4.78, 5) is 15.9. The van der Waals surface area contributed by atoms with Crippen molar-refractivity contribution in [1.29, 1.82) is 0 Å². The molecule has 1 aromatic rings. The molecule has 2 N–H and O–H groups in total. The maximum absolute atomic E-state index is 11.8. The van der Waals surface area contributed by atoms with Crippen molar-refractivity contribution in [2.24, 2.45) is 0 Å². The van der Waals surface area contributed by atoms with Crippen LogP contribution in [0.3, 0.4) is 0 Å². The van der Waals surface area contributed by atoms with Crippen LogP contribution in [0.5, 0.6) is 0 Å². The smallest absolute Gasteiger partial charge is 0.227 e. The zero-order valence-corrected chi connectivity index (χ0v) is 11.8. The number of halogens is 1. The number of nitrogens with one attached hydrogen (secondary N) is 2. The zero-order valence-electron chi connectivity index (χ0n) is 11.0. The minimum absolute atomic E-state index is 0. The SMILES string of the molecule is CNc1ccc(NC(=O)CC2CCCCO2)cn1.Cl. The molecule has 0 aromatic carbocycles. The van der Waals surface area contributed by atoms with Crippen LogP contribution in [0.4, 0.5) is 11.5 Å². The number of carbonyl (C=O) groups is 1. The lowest BCUT2D eigenvalue weighted by atomic mass is 10.1. The van der Waals surface area contributed by atoms with Gasteiger partial charge in [-0.25, -0.2) is 4.98 Å². The molecule has 1 aliphatic heterocycles. The van der Waals surface area contributed by atoms with Crippen molar-refractivity contribution in [2.75, 3.05) is 24.3 Å². The van der Waals surface area contributed by atoms with E-state index in [2.05, 4.69) is 15.6 Å². The molecule has 1 saturated heterocycles. The second-order valence-electron chi connectivity index (χ2n) is 4.42. The molecule has 2 heterocycles. The van der Waals surface area contributed by atoms with Gasteiger partial charge in [-0.15, -0.1) is 12.4 Å². The number of aromatic nitrogens is 1. The van der Waals surface area contributed by atoms with Gasteiger partial charge in [-0.05, 0) is 31.4 Å². The molecule has 0 bridgehead atoms. The third kappa shape index (κ3) is 5.04. The Morgan fingerprint density at radius 1 is 1.47 bits per heavy atom. The van der Waals surface area contributed by atoms with Crippen molar-refractivity contribution in [1.82, 2.24) is 4.98 Å². The topological polar surface area (TPSA) is 63.2 Å². The van der Waals surface area contributed by atoms with Crippen LogP contribution < -0.4 is 10.6 Å². The lowest BCUT2D eigenvalue weighted by Gasteiger charge is -2.21. The highest BCUT2D eigenvalue weighted by atomic mass is 35.5. The van der Waals surface area contributed by atoms with E-state index in [1.165, 1.54) is 0 Å². The van der Waals surface area contributed by atoms with Crippen molar-refractivity contribution in [3.05, 3.63) is 18.3 Å². The molecule has 1 fully saturated rings. The first-order valence-electron chi connectivity index (χ1n) is 6.33. The van der Waals surface area contributed by atoms with E-state index < -0.39 is 0 Å². The fourth-order valence-corrected chi connectivity index (χ4v) is 2.00. The van der Waals surface area contributed by atoms with E-state index >= 15 is 0 Å². The number of hydrogen-bond donors (Lipinski definition) is 2. The summed E-state index contributed by atoms with van der Waals surface area (Å²) in [6.07, 6.45) is 5.37. The van der Waals surface area contributed by atoms with Crippen molar-refractivity contribution in [3.8, 4) is 0 Å². The van der Waals surface area contributed by atoms with Crippen LogP contribution in [0.2, 0.25) is 0 Å². The summed E-state index contributed by atoms with van der Waals surface area (Å²) in [6.45, 7) is 0.774. The number of nitrogens with zero attached hydrogens (tertiary/aromatic N) is 1. The van der Waals surface area contributed by atoms with Gasteiger partial charge in [-0.1, -0.05) is 0 Å². The number of ether oxygens (including phenoxy) is 1. The predicted octanol–water partition coefficient (Wildman–Crippen LogP) is 2.44. The van der Waals surface area contributed by atoms with Crippen molar-refractivity contribution >= 4 is 29.8 Å². The van der Waals surface area contributed by atoms with Crippen molar-refractivity contribution < 1.29 is 9.53 Å². The Morgan fingerprint density at radius 3 is 2.89 bits per heavy atom. The van der Waals surface area contributed by atoms with E-state index in [9.17, 15) is 4.79 Å². The molecule has 2 rings (SSSR count). The maximum atomic E-state index is 11.8. The number of anilines is 2. The lowest BCUT2D eigenvalue weighted by Crippen LogP contribution is -2.25. The summed E-state index contributed by atoms with van der Waals surface area (Å²) in [7, 11) is 1.81. The number of rotatable bonds is 4. The fourth-order valence-electron chi connectivity index (χ4n) is 2.00. The molecular formula is C13H20ClN3O2. The molecule has 0 aliphatic carbocycles. The molecule has 1 unspecified atom stereocenters. The van der Waals surface area contributed by atoms with Gasteiger partial charge in [0.2, 0.25) is 5.91 Å². The highest BCUT2D eigenvalue weighted by Crippen LogP contribution is 2.16. The number of amides is 1. The average molecular weight is 286 g/mol. The minimum atomic E-state index is -0.0130. The lowest BCUT2D eigenvalue weighted by molar-refractivity contribution is -0.119. The molecule has 0 radical (unpaired) electrons. The molecule has 1 atom stereocenters. The van der Waals surface area contributed by atoms with E-state index in [1.54, 1.807) is 13.2 Å². The summed E-state index contributed by atoms with van der Waals surface area (Å²) in [5, 5.41) is 5.76. The van der Waals surface area contributed by atoms with Gasteiger partial charge in [0.25, 0.3) is 0 Å². The number of carbonyl (C=O) groups excluding carboxylic acids is 1. The molecule has 1 aliphatic rings. The van der Waals surface area contributed by atoms with Crippen LogP contribution >= 0.6 is 12.4 Å². The largest absolute Gasteiger partial charge is 0.378 e. The Bertz CT molecular complexity index is 391. The highest BCUT2D eigenvalue weighted by molar-refractivity contribution is 5.90. The standard InChI is InChI=1S/C13H19N3O2.ClH/c1-14-12-6-5-10(9-15-12)16-13(17)8-11-4-2-3-7-18-11;/h5-6,9,11H,2-4,7-8H2,1H3,(H,14,15)(H,16,17);1H. The molecule has 0 spiro atoms. The Labute approximate surface area is 119 Å². The van der Waals surface area contributed by atoms with Crippen LogP contribution in [-0.2, 0) is 9.53 Å². The van der Waals surface area contributed by atoms with Crippen LogP contribution in [0, 0.1) is 0 Å². The Hall–Kier alpha value is -1.33. The first-order valence-corrected chi connectivity index (χ1v) is 6.33. The minimum Gasteiger partial charge on any atom is -0.378 e. The van der Waals surface area contributed by atoms with Crippen molar-refractivity contribution in [3.63, 3.8) is 0 Å². The van der Waals surface area contributed by atoms with Gasteiger partial charge in [0, 0.05) is 13.7 Å². The molecule has 106 valence electrons. The molecule has 0 saturated carbocycles. The van der Waals surface area contributed by atoms with E-state index in [0.29, 0.717) is 6.42 Å². The summed E-state index contributed by atoms with van der Waals surface area (Å²) >= 11 is 0. The highest BCUT2D eigenvalue weighted by Gasteiger charge is 2.17. The third-order valence-electron chi connectivity index (χ3n) is 2.99. The monoisotopic (exact) mass is 285 g/mol. The molecule has 19 heavy (non-hydrogen) atoms. The average Bonchev–Trinajstić information content (AvgIpc) is 2.40. The van der Waals surface area contributed by atoms with Gasteiger partial charge in [0.1, 0.15) is 5.82 Å². The van der Waals surface area contributed by atoms with Crippen LogP contribution in [0.15, 0.2) is 18.3 Å². The Balaban J connectivity index is 0.00000180. The normalized spacial score (nSPS) is 18.3. The Morgan fingerprint density at radius 2 is 2.32 bits per heavy atom. The fraction of sp³-hybridized carbons (Fsp3) is 0.538. The van der Waals surface area contributed by atoms with Crippen molar-refractivity contribution in [2.45, 2.75) is 31.8 Å². The number of pyridine rings is 1. The molecule has 1 aromatic heterocycles. The molecule has 5 nitrogen and oxygen atoms in total. The Kier molecular flexibility index (Phi) is 6.59. The van der Waals surface area contributed by atoms with E-state index in [0.717, 1.165) is 37.4 Å². The molecule has 1 amide bonds. The third-order valence-corrected chi connectivity index (χ3v) is 2.99. The second-order valence-corrected chi connectivity index (χ2v) is 4.42. The van der Waals surface area contributed by atoms with Gasteiger partial charge < -0.3 is 15.4 Å². The molecular weight excluding hydrogens is 266 g/mol. The van der Waals surface area contributed by atoms with E-state index in [4.69, 9.17) is 4.74 Å². The predicted molar refractivity (Wildman–Crippen MR) is 77.9 cm³/mol. The number of hydrogen-bond acceptors (Lipinski definition) is 4. The van der Waals surface area contributed by atoms with Gasteiger partial charge in [0.15, 0.2) is 0 Å². The summed E-state index contributed by atoms with van der Waals surface area (Å²) in [5.74, 6) is 0.768. The van der Waals surface area contributed by atoms with E-state index in [-0.39, 0.29) is 24.4 Å². The van der Waals surface area contributed by atoms with Gasteiger partial charge in [-0.2, -0.15) is 0 Å².